The normalized spacial score (nSPS) is 18.9. The maximum Gasteiger partial charge on any atom is 0.268 e. The molecular formula is C28H30ClN5O4. The summed E-state index contributed by atoms with van der Waals surface area (Å²) >= 11 is 5.97. The number of rotatable bonds is 11. The van der Waals surface area contributed by atoms with E-state index < -0.39 is 29.8 Å². The number of hydrogen-bond acceptors (Lipinski definition) is 5. The summed E-state index contributed by atoms with van der Waals surface area (Å²) < 4.78 is 5.37. The number of nitrogens with zero attached hydrogens (tertiary/aromatic N) is 1. The maximum atomic E-state index is 13.3. The van der Waals surface area contributed by atoms with Crippen LogP contribution >= 0.6 is 11.6 Å². The van der Waals surface area contributed by atoms with Gasteiger partial charge in [-0.15, -0.1) is 0 Å². The molecule has 2 aromatic rings. The zero-order valence-electron chi connectivity index (χ0n) is 21.3. The van der Waals surface area contributed by atoms with Crippen LogP contribution in [0.5, 0.6) is 5.75 Å². The number of carbonyl (C=O) groups is 3. The van der Waals surface area contributed by atoms with Gasteiger partial charge < -0.3 is 25.7 Å². The summed E-state index contributed by atoms with van der Waals surface area (Å²) in [5.41, 5.74) is 2.18. The lowest BCUT2D eigenvalue weighted by Gasteiger charge is -2.21. The monoisotopic (exact) mass is 535 g/mol. The predicted octanol–water partition coefficient (Wildman–Crippen LogP) is 3.80. The van der Waals surface area contributed by atoms with E-state index in [0.717, 1.165) is 23.7 Å². The van der Waals surface area contributed by atoms with Gasteiger partial charge in [-0.1, -0.05) is 43.2 Å². The quantitative estimate of drug-likeness (QED) is 0.347. The molecule has 1 saturated carbocycles. The highest BCUT2D eigenvalue weighted by Crippen LogP contribution is 2.34. The van der Waals surface area contributed by atoms with E-state index in [-0.39, 0.29) is 12.3 Å². The van der Waals surface area contributed by atoms with E-state index in [1.165, 1.54) is 0 Å². The van der Waals surface area contributed by atoms with Gasteiger partial charge in [0, 0.05) is 21.6 Å². The Kier molecular flexibility index (Phi) is 8.23. The zero-order chi connectivity index (χ0) is 27.4. The molecule has 9 nitrogen and oxygen atoms in total. The number of aromatic nitrogens is 1. The Morgan fingerprint density at radius 1 is 1.32 bits per heavy atom. The third-order valence-electron chi connectivity index (χ3n) is 6.74. The SMILES string of the molecule is C=CC1=C(/C=C(\C)Cl)NC(=O)[C@@H]1C[C@@H](C#N)NC(=O)[C@H](CC1CC1)NC(=O)c1cc2c(OC)cccc2[nH]1. The second kappa shape index (κ2) is 11.6. The number of aromatic amines is 1. The van der Waals surface area contributed by atoms with Crippen molar-refractivity contribution in [3.63, 3.8) is 0 Å². The second-order valence-electron chi connectivity index (χ2n) is 9.58. The smallest absolute Gasteiger partial charge is 0.268 e. The molecule has 0 bridgehead atoms. The van der Waals surface area contributed by atoms with Crippen molar-refractivity contribution in [2.75, 3.05) is 7.11 Å². The first kappa shape index (κ1) is 27.0. The third kappa shape index (κ3) is 6.09. The van der Waals surface area contributed by atoms with Gasteiger partial charge in [0.1, 0.15) is 23.5 Å². The molecule has 0 spiro atoms. The van der Waals surface area contributed by atoms with Crippen molar-refractivity contribution >= 4 is 40.2 Å². The van der Waals surface area contributed by atoms with Crippen LogP contribution in [0.3, 0.4) is 0 Å². The van der Waals surface area contributed by atoms with Gasteiger partial charge in [0.05, 0.1) is 19.1 Å². The fraction of sp³-hybridized carbons (Fsp3) is 0.357. The Balaban J connectivity index is 1.47. The van der Waals surface area contributed by atoms with Crippen molar-refractivity contribution in [3.8, 4) is 11.8 Å². The molecule has 2 aliphatic rings. The third-order valence-corrected chi connectivity index (χ3v) is 6.85. The molecule has 4 rings (SSSR count). The first-order valence-electron chi connectivity index (χ1n) is 12.4. The Hall–Kier alpha value is -4.03. The molecule has 1 aliphatic heterocycles. The first-order valence-corrected chi connectivity index (χ1v) is 12.8. The summed E-state index contributed by atoms with van der Waals surface area (Å²) in [6, 6.07) is 7.43. The van der Waals surface area contributed by atoms with Crippen molar-refractivity contribution in [1.82, 2.24) is 20.9 Å². The van der Waals surface area contributed by atoms with Crippen LogP contribution in [0.1, 0.15) is 43.1 Å². The standard InChI is InChI=1S/C28H30ClN5O4/c1-4-18-19(26(35)33-22(18)10-15(2)29)12-17(14-30)31-27(36)23(11-16-8-9-16)34-28(37)24-13-20-21(32-24)6-5-7-25(20)38-3/h4-7,10,13,16-17,19,23,32H,1,8-9,11-12H2,2-3H3,(H,31,36)(H,33,35)(H,34,37)/b15-10+/t17-,19+,23-/m0/s1. The van der Waals surface area contributed by atoms with Gasteiger partial charge in [0.15, 0.2) is 0 Å². The Bertz CT molecular complexity index is 1380. The van der Waals surface area contributed by atoms with Gasteiger partial charge >= 0.3 is 0 Å². The number of methoxy groups -OCH3 is 1. The molecule has 1 aromatic heterocycles. The van der Waals surface area contributed by atoms with Gasteiger partial charge in [-0.25, -0.2) is 0 Å². The lowest BCUT2D eigenvalue weighted by atomic mass is 9.92. The van der Waals surface area contributed by atoms with Crippen molar-refractivity contribution in [1.29, 1.82) is 5.26 Å². The first-order chi connectivity index (χ1) is 18.2. The number of amides is 3. The number of H-pyrrole nitrogens is 1. The molecule has 0 unspecified atom stereocenters. The summed E-state index contributed by atoms with van der Waals surface area (Å²) in [6.07, 6.45) is 5.66. The number of hydrogen-bond donors (Lipinski definition) is 4. The number of nitriles is 1. The summed E-state index contributed by atoms with van der Waals surface area (Å²) in [5, 5.41) is 19.3. The topological polar surface area (TPSA) is 136 Å². The van der Waals surface area contributed by atoms with Crippen LogP contribution in [-0.4, -0.2) is 41.9 Å². The highest BCUT2D eigenvalue weighted by Gasteiger charge is 2.35. The Labute approximate surface area is 225 Å². The molecular weight excluding hydrogens is 506 g/mol. The molecule has 10 heteroatoms. The van der Waals surface area contributed by atoms with Crippen LogP contribution in [-0.2, 0) is 9.59 Å². The molecule has 198 valence electrons. The molecule has 4 N–H and O–H groups in total. The highest BCUT2D eigenvalue weighted by atomic mass is 35.5. The molecule has 1 fully saturated rings. The van der Waals surface area contributed by atoms with Gasteiger partial charge in [0.2, 0.25) is 11.8 Å². The van der Waals surface area contributed by atoms with E-state index in [0.29, 0.717) is 40.1 Å². The molecule has 2 heterocycles. The van der Waals surface area contributed by atoms with Gasteiger partial charge in [-0.3, -0.25) is 14.4 Å². The van der Waals surface area contributed by atoms with Crippen LogP contribution in [0, 0.1) is 23.2 Å². The van der Waals surface area contributed by atoms with Crippen molar-refractivity contribution in [3.05, 3.63) is 65.0 Å². The van der Waals surface area contributed by atoms with Gasteiger partial charge in [-0.05, 0) is 55.5 Å². The van der Waals surface area contributed by atoms with E-state index in [2.05, 4.69) is 33.6 Å². The molecule has 1 aromatic carbocycles. The summed E-state index contributed by atoms with van der Waals surface area (Å²) in [7, 11) is 1.56. The average Bonchev–Trinajstić information content (AvgIpc) is 3.51. The minimum atomic E-state index is -0.954. The predicted molar refractivity (Wildman–Crippen MR) is 144 cm³/mol. The van der Waals surface area contributed by atoms with E-state index in [1.54, 1.807) is 38.3 Å². The summed E-state index contributed by atoms with van der Waals surface area (Å²) in [4.78, 5) is 42.0. The minimum absolute atomic E-state index is 0.0556. The number of benzene rings is 1. The number of allylic oxidation sites excluding steroid dienone is 3. The lowest BCUT2D eigenvalue weighted by Crippen LogP contribution is -2.50. The summed E-state index contributed by atoms with van der Waals surface area (Å²) in [6.45, 7) is 5.47. The van der Waals surface area contributed by atoms with E-state index in [4.69, 9.17) is 16.3 Å². The zero-order valence-corrected chi connectivity index (χ0v) is 22.0. The van der Waals surface area contributed by atoms with Crippen molar-refractivity contribution in [2.45, 2.75) is 44.7 Å². The van der Waals surface area contributed by atoms with Gasteiger partial charge in [-0.2, -0.15) is 5.26 Å². The summed E-state index contributed by atoms with van der Waals surface area (Å²) in [5.74, 6) is -0.903. The molecule has 3 atom stereocenters. The molecule has 1 aliphatic carbocycles. The number of halogens is 1. The fourth-order valence-corrected chi connectivity index (χ4v) is 4.77. The van der Waals surface area contributed by atoms with E-state index in [1.807, 2.05) is 12.1 Å². The second-order valence-corrected chi connectivity index (χ2v) is 10.2. The molecule has 0 radical (unpaired) electrons. The minimum Gasteiger partial charge on any atom is -0.496 e. The highest BCUT2D eigenvalue weighted by molar-refractivity contribution is 6.29. The van der Waals surface area contributed by atoms with Crippen LogP contribution in [0.4, 0.5) is 0 Å². The molecule has 3 amide bonds. The van der Waals surface area contributed by atoms with Crippen LogP contribution in [0.25, 0.3) is 10.9 Å². The van der Waals surface area contributed by atoms with Crippen LogP contribution < -0.4 is 20.7 Å². The Morgan fingerprint density at radius 3 is 2.71 bits per heavy atom. The fourth-order valence-electron chi connectivity index (χ4n) is 4.66. The number of nitrogens with one attached hydrogen (secondary N) is 4. The van der Waals surface area contributed by atoms with E-state index in [9.17, 15) is 19.6 Å². The van der Waals surface area contributed by atoms with Crippen LogP contribution in [0.15, 0.2) is 59.3 Å². The van der Waals surface area contributed by atoms with Crippen molar-refractivity contribution in [2.24, 2.45) is 11.8 Å². The largest absolute Gasteiger partial charge is 0.496 e. The van der Waals surface area contributed by atoms with Crippen LogP contribution in [0.2, 0.25) is 0 Å². The average molecular weight is 536 g/mol. The van der Waals surface area contributed by atoms with Crippen molar-refractivity contribution < 1.29 is 19.1 Å². The number of fused-ring (bicyclic) bond motifs is 1. The van der Waals surface area contributed by atoms with Gasteiger partial charge in [0.25, 0.3) is 5.91 Å². The van der Waals surface area contributed by atoms with E-state index >= 15 is 0 Å². The molecule has 38 heavy (non-hydrogen) atoms. The number of ether oxygens (including phenoxy) is 1. The number of carbonyl (C=O) groups excluding carboxylic acids is 3. The Morgan fingerprint density at radius 2 is 2.08 bits per heavy atom. The molecule has 0 saturated heterocycles. The maximum absolute atomic E-state index is 13.3. The lowest BCUT2D eigenvalue weighted by molar-refractivity contribution is -0.125.